The lowest BCUT2D eigenvalue weighted by Gasteiger charge is -2.12. The first-order valence-corrected chi connectivity index (χ1v) is 8.25. The van der Waals surface area contributed by atoms with Crippen LogP contribution >= 0.6 is 12.4 Å². The van der Waals surface area contributed by atoms with Crippen molar-refractivity contribution in [3.8, 4) is 11.5 Å². The van der Waals surface area contributed by atoms with E-state index in [0.717, 1.165) is 18.7 Å². The average molecular weight is 392 g/mol. The summed E-state index contributed by atoms with van der Waals surface area (Å²) in [6, 6.07) is 11.0. The van der Waals surface area contributed by atoms with Crippen molar-refractivity contribution in [3.63, 3.8) is 0 Å². The van der Waals surface area contributed by atoms with Crippen LogP contribution in [0.15, 0.2) is 36.4 Å². The van der Waals surface area contributed by atoms with Crippen LogP contribution in [0.3, 0.4) is 0 Å². The molecule has 0 fully saturated rings. The molecule has 1 aliphatic rings. The van der Waals surface area contributed by atoms with E-state index in [0.29, 0.717) is 23.6 Å². The Balaban J connectivity index is 0.00000261. The van der Waals surface area contributed by atoms with E-state index < -0.39 is 5.91 Å². The number of nitrogens with two attached hydrogens (primary N) is 1. The highest BCUT2D eigenvalue weighted by atomic mass is 35.5. The van der Waals surface area contributed by atoms with Gasteiger partial charge < -0.3 is 25.8 Å². The summed E-state index contributed by atoms with van der Waals surface area (Å²) in [5.74, 6) is -0.0849. The van der Waals surface area contributed by atoms with Gasteiger partial charge in [-0.25, -0.2) is 0 Å². The number of carbonyl (C=O) groups excluding carboxylic acids is 2. The first-order valence-electron chi connectivity index (χ1n) is 8.25. The van der Waals surface area contributed by atoms with Gasteiger partial charge in [0.1, 0.15) is 0 Å². The molecule has 2 aromatic carbocycles. The summed E-state index contributed by atoms with van der Waals surface area (Å²) in [4.78, 5) is 23.2. The summed E-state index contributed by atoms with van der Waals surface area (Å²) in [7, 11) is 1.47. The number of nitrogens with one attached hydrogen (secondary N) is 2. The molecule has 0 atom stereocenters. The number of benzene rings is 2. The second-order valence-corrected chi connectivity index (χ2v) is 6.01. The van der Waals surface area contributed by atoms with Crippen LogP contribution in [0.5, 0.6) is 11.5 Å². The van der Waals surface area contributed by atoms with Crippen molar-refractivity contribution in [2.45, 2.75) is 19.6 Å². The number of amides is 2. The molecule has 0 saturated carbocycles. The van der Waals surface area contributed by atoms with Gasteiger partial charge in [0.25, 0.3) is 11.8 Å². The van der Waals surface area contributed by atoms with Crippen molar-refractivity contribution in [1.82, 2.24) is 10.6 Å². The number of methoxy groups -OCH3 is 1. The zero-order chi connectivity index (χ0) is 18.5. The second-order valence-electron chi connectivity index (χ2n) is 6.01. The molecule has 2 amide bonds. The van der Waals surface area contributed by atoms with Crippen LogP contribution in [0.2, 0.25) is 0 Å². The van der Waals surface area contributed by atoms with Gasteiger partial charge in [-0.1, -0.05) is 18.2 Å². The van der Waals surface area contributed by atoms with Gasteiger partial charge >= 0.3 is 0 Å². The topological polar surface area (TPSA) is 103 Å². The van der Waals surface area contributed by atoms with Gasteiger partial charge in [-0.2, -0.15) is 0 Å². The Morgan fingerprint density at radius 2 is 1.89 bits per heavy atom. The highest BCUT2D eigenvalue weighted by Crippen LogP contribution is 2.28. The van der Waals surface area contributed by atoms with Crippen LogP contribution < -0.4 is 25.8 Å². The Morgan fingerprint density at radius 1 is 1.11 bits per heavy atom. The molecule has 3 rings (SSSR count). The lowest BCUT2D eigenvalue weighted by atomic mass is 10.1. The summed E-state index contributed by atoms with van der Waals surface area (Å²) in [6.07, 6.45) is 0. The van der Waals surface area contributed by atoms with Crippen LogP contribution in [-0.2, 0) is 24.4 Å². The predicted molar refractivity (Wildman–Crippen MR) is 103 cm³/mol. The van der Waals surface area contributed by atoms with Gasteiger partial charge in [-0.15, -0.1) is 12.4 Å². The molecule has 1 aliphatic heterocycles. The lowest BCUT2D eigenvalue weighted by molar-refractivity contribution is -0.119. The molecule has 2 aromatic rings. The number of hydrogen-bond acceptors (Lipinski definition) is 5. The van der Waals surface area contributed by atoms with E-state index in [1.54, 1.807) is 18.2 Å². The number of ether oxygens (including phenoxy) is 2. The van der Waals surface area contributed by atoms with Gasteiger partial charge in [0.05, 0.1) is 7.11 Å². The van der Waals surface area contributed by atoms with Gasteiger partial charge in [0, 0.05) is 25.2 Å². The quantitative estimate of drug-likeness (QED) is 0.664. The molecule has 1 heterocycles. The van der Waals surface area contributed by atoms with Crippen LogP contribution in [0.25, 0.3) is 0 Å². The smallest absolute Gasteiger partial charge is 0.255 e. The first-order chi connectivity index (χ1) is 12.6. The fraction of sp³-hybridized carbons (Fsp3) is 0.263. The first kappa shape index (κ1) is 20.5. The van der Waals surface area contributed by atoms with Crippen molar-refractivity contribution >= 4 is 24.2 Å². The van der Waals surface area contributed by atoms with Crippen LogP contribution in [-0.4, -0.2) is 25.5 Å². The lowest BCUT2D eigenvalue weighted by Crippen LogP contribution is -2.23. The Morgan fingerprint density at radius 3 is 2.63 bits per heavy atom. The zero-order valence-corrected chi connectivity index (χ0v) is 15.7. The van der Waals surface area contributed by atoms with E-state index >= 15 is 0 Å². The van der Waals surface area contributed by atoms with Crippen LogP contribution in [0.1, 0.15) is 27.0 Å². The summed E-state index contributed by atoms with van der Waals surface area (Å²) >= 11 is 0. The number of halogens is 1. The molecule has 0 aromatic heterocycles. The molecule has 0 saturated heterocycles. The normalized spacial score (nSPS) is 11.9. The highest BCUT2D eigenvalue weighted by Gasteiger charge is 2.13. The zero-order valence-electron chi connectivity index (χ0n) is 14.9. The third kappa shape index (κ3) is 5.12. The predicted octanol–water partition coefficient (Wildman–Crippen LogP) is 1.51. The maximum Gasteiger partial charge on any atom is 0.255 e. The monoisotopic (exact) mass is 391 g/mol. The number of primary amides is 1. The SMILES string of the molecule is COc1cc(C(=O)NCc2ccc3c(c2)CNC3)ccc1OCC(N)=O.Cl. The average Bonchev–Trinajstić information content (AvgIpc) is 3.12. The Kier molecular flexibility index (Phi) is 7.04. The molecular formula is C19H22ClN3O4. The Bertz CT molecular complexity index is 842. The fourth-order valence-electron chi connectivity index (χ4n) is 2.82. The van der Waals surface area contributed by atoms with E-state index in [-0.39, 0.29) is 24.9 Å². The minimum absolute atomic E-state index is 0. The van der Waals surface area contributed by atoms with Crippen molar-refractivity contribution in [1.29, 1.82) is 0 Å². The maximum atomic E-state index is 12.4. The highest BCUT2D eigenvalue weighted by molar-refractivity contribution is 5.94. The molecule has 0 bridgehead atoms. The van der Waals surface area contributed by atoms with E-state index in [1.807, 2.05) is 6.07 Å². The summed E-state index contributed by atoms with van der Waals surface area (Å²) in [5.41, 5.74) is 9.13. The summed E-state index contributed by atoms with van der Waals surface area (Å²) < 4.78 is 10.5. The minimum Gasteiger partial charge on any atom is -0.493 e. The Labute approximate surface area is 163 Å². The van der Waals surface area contributed by atoms with Gasteiger partial charge in [-0.05, 0) is 34.9 Å². The molecule has 0 unspecified atom stereocenters. The largest absolute Gasteiger partial charge is 0.493 e. The van der Waals surface area contributed by atoms with Crippen molar-refractivity contribution in [2.75, 3.05) is 13.7 Å². The molecule has 7 nitrogen and oxygen atoms in total. The number of carbonyl (C=O) groups is 2. The third-order valence-electron chi connectivity index (χ3n) is 4.15. The number of hydrogen-bond donors (Lipinski definition) is 3. The molecular weight excluding hydrogens is 370 g/mol. The molecule has 0 aliphatic carbocycles. The third-order valence-corrected chi connectivity index (χ3v) is 4.15. The molecule has 27 heavy (non-hydrogen) atoms. The van der Waals surface area contributed by atoms with Crippen LogP contribution in [0.4, 0.5) is 0 Å². The van der Waals surface area contributed by atoms with Crippen molar-refractivity contribution in [2.24, 2.45) is 5.73 Å². The molecule has 8 heteroatoms. The summed E-state index contributed by atoms with van der Waals surface area (Å²) in [5, 5.41) is 6.20. The molecule has 0 spiro atoms. The van der Waals surface area contributed by atoms with E-state index in [4.69, 9.17) is 15.2 Å². The minimum atomic E-state index is -0.585. The van der Waals surface area contributed by atoms with Gasteiger partial charge in [0.15, 0.2) is 18.1 Å². The van der Waals surface area contributed by atoms with E-state index in [1.165, 1.54) is 18.2 Å². The summed E-state index contributed by atoms with van der Waals surface area (Å²) in [6.45, 7) is 1.94. The maximum absolute atomic E-state index is 12.4. The van der Waals surface area contributed by atoms with E-state index in [2.05, 4.69) is 22.8 Å². The van der Waals surface area contributed by atoms with Crippen LogP contribution in [0, 0.1) is 0 Å². The van der Waals surface area contributed by atoms with Crippen molar-refractivity contribution in [3.05, 3.63) is 58.7 Å². The second kappa shape index (κ2) is 9.25. The van der Waals surface area contributed by atoms with Gasteiger partial charge in [0.2, 0.25) is 0 Å². The van der Waals surface area contributed by atoms with E-state index in [9.17, 15) is 9.59 Å². The molecule has 4 N–H and O–H groups in total. The molecule has 144 valence electrons. The fourth-order valence-corrected chi connectivity index (χ4v) is 2.82. The molecule has 0 radical (unpaired) electrons. The Hall–Kier alpha value is -2.77. The standard InChI is InChI=1S/C19H21N3O4.ClH/c1-25-17-7-13(4-5-16(17)26-11-18(20)23)19(24)22-8-12-2-3-14-9-21-10-15(14)6-12;/h2-7,21H,8-11H2,1H3,(H2,20,23)(H,22,24);1H. The number of fused-ring (bicyclic) bond motifs is 1. The van der Waals surface area contributed by atoms with Gasteiger partial charge in [-0.3, -0.25) is 9.59 Å². The number of rotatable bonds is 7. The van der Waals surface area contributed by atoms with Crippen molar-refractivity contribution < 1.29 is 19.1 Å².